The third-order valence-corrected chi connectivity index (χ3v) is 10.4. The minimum absolute atomic E-state index is 0.965. The maximum atomic E-state index is 2.51. The van der Waals surface area contributed by atoms with Crippen LogP contribution in [0.25, 0.3) is 0 Å². The lowest BCUT2D eigenvalue weighted by Crippen LogP contribution is -1.95. The average Bonchev–Trinajstić information content (AvgIpc) is 3.01. The average molecular weight is 605 g/mol. The van der Waals surface area contributed by atoms with Gasteiger partial charge in [0.1, 0.15) is 0 Å². The van der Waals surface area contributed by atoms with Gasteiger partial charge in [-0.1, -0.05) is 271 Å². The third-order valence-electron chi connectivity index (χ3n) is 10.4. The van der Waals surface area contributed by atoms with Gasteiger partial charge in [-0.05, 0) is 5.92 Å². The maximum absolute atomic E-state index is 2.51. The lowest BCUT2D eigenvalue weighted by molar-refractivity contribution is 0.429. The second-order valence-corrected chi connectivity index (χ2v) is 15.1. The van der Waals surface area contributed by atoms with E-state index in [4.69, 9.17) is 0 Å². The monoisotopic (exact) mass is 605 g/mol. The summed E-state index contributed by atoms with van der Waals surface area (Å²) in [6.45, 7) is 7.13. The molecule has 43 heavy (non-hydrogen) atoms. The molecule has 0 aliphatic rings. The molecule has 0 aliphatic carbocycles. The van der Waals surface area contributed by atoms with Crippen LogP contribution in [0.2, 0.25) is 0 Å². The Morgan fingerprint density at radius 2 is 0.349 bits per heavy atom. The van der Waals surface area contributed by atoms with E-state index in [0.29, 0.717) is 0 Å². The van der Waals surface area contributed by atoms with Crippen LogP contribution in [0.5, 0.6) is 0 Å². The molecule has 1 unspecified atom stereocenters. The predicted octanol–water partition coefficient (Wildman–Crippen LogP) is 16.9. The van der Waals surface area contributed by atoms with Crippen molar-refractivity contribution in [3.05, 3.63) is 0 Å². The quantitative estimate of drug-likeness (QED) is 0.0612. The maximum Gasteiger partial charge on any atom is -0.0443 e. The summed E-state index contributed by atoms with van der Waals surface area (Å²) in [6, 6.07) is 0. The fraction of sp³-hybridized carbons (Fsp3) is 1.00. The summed E-state index contributed by atoms with van der Waals surface area (Å²) in [4.78, 5) is 0. The van der Waals surface area contributed by atoms with Gasteiger partial charge in [-0.15, -0.1) is 0 Å². The van der Waals surface area contributed by atoms with E-state index >= 15 is 0 Å². The number of rotatable bonds is 39. The van der Waals surface area contributed by atoms with Crippen LogP contribution in [0.4, 0.5) is 0 Å². The molecule has 260 valence electrons. The molecular weight excluding hydrogens is 516 g/mol. The van der Waals surface area contributed by atoms with Crippen molar-refractivity contribution in [1.82, 2.24) is 0 Å². The summed E-state index contributed by atoms with van der Waals surface area (Å²) in [5.41, 5.74) is 0. The Balaban J connectivity index is 3.12. The van der Waals surface area contributed by atoms with Crippen LogP contribution >= 0.6 is 0 Å². The fourth-order valence-corrected chi connectivity index (χ4v) is 7.11. The molecule has 0 nitrogen and oxygen atoms in total. The van der Waals surface area contributed by atoms with Crippen molar-refractivity contribution in [2.24, 2.45) is 5.92 Å². The first-order chi connectivity index (χ1) is 21.3. The lowest BCUT2D eigenvalue weighted by atomic mass is 9.95. The Morgan fingerprint density at radius 3 is 0.512 bits per heavy atom. The third kappa shape index (κ3) is 40.0. The van der Waals surface area contributed by atoms with E-state index in [2.05, 4.69) is 20.8 Å². The van der Waals surface area contributed by atoms with Gasteiger partial charge in [0.25, 0.3) is 0 Å². The largest absolute Gasteiger partial charge is 0.0654 e. The van der Waals surface area contributed by atoms with Crippen LogP contribution in [-0.2, 0) is 0 Å². The molecule has 0 amide bonds. The Labute approximate surface area is 276 Å². The normalized spacial score (nSPS) is 12.3. The van der Waals surface area contributed by atoms with E-state index < -0.39 is 0 Å². The van der Waals surface area contributed by atoms with E-state index in [1.807, 2.05) is 0 Å². The molecule has 0 aromatic heterocycles. The van der Waals surface area contributed by atoms with Crippen molar-refractivity contribution in [2.75, 3.05) is 0 Å². The minimum atomic E-state index is 0.965. The zero-order valence-corrected chi connectivity index (χ0v) is 31.2. The van der Waals surface area contributed by atoms with Gasteiger partial charge in [-0.2, -0.15) is 0 Å². The molecule has 0 heteroatoms. The summed E-state index contributed by atoms with van der Waals surface area (Å²) >= 11 is 0. The minimum Gasteiger partial charge on any atom is -0.0654 e. The molecule has 0 fully saturated rings. The second-order valence-electron chi connectivity index (χ2n) is 15.1. The van der Waals surface area contributed by atoms with Crippen molar-refractivity contribution < 1.29 is 0 Å². The predicted molar refractivity (Wildman–Crippen MR) is 201 cm³/mol. The molecular formula is C43H88. The first-order valence-corrected chi connectivity index (χ1v) is 21.3. The zero-order valence-electron chi connectivity index (χ0n) is 31.2. The number of unbranched alkanes of at least 4 members (excludes halogenated alkanes) is 35. The smallest absolute Gasteiger partial charge is 0.0443 e. The zero-order chi connectivity index (χ0) is 31.2. The van der Waals surface area contributed by atoms with Gasteiger partial charge < -0.3 is 0 Å². The highest BCUT2D eigenvalue weighted by molar-refractivity contribution is 4.57. The highest BCUT2D eigenvalue weighted by Crippen LogP contribution is 2.20. The summed E-state index contributed by atoms with van der Waals surface area (Å²) in [6.07, 6.45) is 57.7. The topological polar surface area (TPSA) is 0 Å². The molecule has 0 saturated carbocycles. The standard InChI is InChI=1S/C43H88/c1-4-6-8-10-12-14-16-18-19-20-21-22-23-24-25-26-27-28-30-32-34-36-38-40-42-43(3)41-39-37-35-33-31-29-17-15-13-11-9-7-5-2/h43H,4-42H2,1-3H3. The van der Waals surface area contributed by atoms with E-state index in [1.54, 1.807) is 0 Å². The van der Waals surface area contributed by atoms with Crippen molar-refractivity contribution in [2.45, 2.75) is 271 Å². The van der Waals surface area contributed by atoms with Crippen LogP contribution in [0.1, 0.15) is 271 Å². The lowest BCUT2D eigenvalue weighted by Gasteiger charge is -2.11. The molecule has 0 aromatic rings. The molecule has 0 aliphatic heterocycles. The summed E-state index contributed by atoms with van der Waals surface area (Å²) in [7, 11) is 0. The molecule has 0 heterocycles. The highest BCUT2D eigenvalue weighted by atomic mass is 14.1. The molecule has 1 atom stereocenters. The van der Waals surface area contributed by atoms with Gasteiger partial charge in [0.05, 0.1) is 0 Å². The van der Waals surface area contributed by atoms with Crippen LogP contribution in [-0.4, -0.2) is 0 Å². The fourth-order valence-electron chi connectivity index (χ4n) is 7.11. The van der Waals surface area contributed by atoms with E-state index in [-0.39, 0.29) is 0 Å². The van der Waals surface area contributed by atoms with E-state index in [9.17, 15) is 0 Å². The molecule has 0 bridgehead atoms. The highest BCUT2D eigenvalue weighted by Gasteiger charge is 2.03. The van der Waals surface area contributed by atoms with Crippen LogP contribution in [0, 0.1) is 5.92 Å². The summed E-state index contributed by atoms with van der Waals surface area (Å²) < 4.78 is 0. The number of hydrogen-bond acceptors (Lipinski definition) is 0. The SMILES string of the molecule is CCCCCCCCCCCCCCCCCCCCCCCCCCC(C)CCCCCCCCCCCCCCC. The van der Waals surface area contributed by atoms with E-state index in [1.165, 1.54) is 250 Å². The Kier molecular flexibility index (Phi) is 40.0. The first-order valence-electron chi connectivity index (χ1n) is 21.3. The Morgan fingerprint density at radius 1 is 0.209 bits per heavy atom. The van der Waals surface area contributed by atoms with Crippen LogP contribution < -0.4 is 0 Å². The first kappa shape index (κ1) is 43.0. The van der Waals surface area contributed by atoms with Gasteiger partial charge in [0.15, 0.2) is 0 Å². The Bertz CT molecular complexity index is 453. The summed E-state index contributed by atoms with van der Waals surface area (Å²) in [5.74, 6) is 0.965. The van der Waals surface area contributed by atoms with E-state index in [0.717, 1.165) is 5.92 Å². The number of hydrogen-bond donors (Lipinski definition) is 0. The van der Waals surface area contributed by atoms with Gasteiger partial charge in [0, 0.05) is 0 Å². The van der Waals surface area contributed by atoms with Crippen molar-refractivity contribution in [3.8, 4) is 0 Å². The van der Waals surface area contributed by atoms with Crippen molar-refractivity contribution >= 4 is 0 Å². The molecule has 0 spiro atoms. The molecule has 0 aromatic carbocycles. The van der Waals surface area contributed by atoms with Gasteiger partial charge in [0.2, 0.25) is 0 Å². The molecule has 0 N–H and O–H groups in total. The second kappa shape index (κ2) is 40.0. The van der Waals surface area contributed by atoms with Crippen LogP contribution in [0.15, 0.2) is 0 Å². The van der Waals surface area contributed by atoms with Crippen molar-refractivity contribution in [1.29, 1.82) is 0 Å². The molecule has 0 rings (SSSR count). The van der Waals surface area contributed by atoms with Crippen molar-refractivity contribution in [3.63, 3.8) is 0 Å². The Hall–Kier alpha value is 0. The molecule has 0 radical (unpaired) electrons. The van der Waals surface area contributed by atoms with Gasteiger partial charge >= 0.3 is 0 Å². The van der Waals surface area contributed by atoms with Gasteiger partial charge in [-0.3, -0.25) is 0 Å². The van der Waals surface area contributed by atoms with Crippen LogP contribution in [0.3, 0.4) is 0 Å². The molecule has 0 saturated heterocycles. The summed E-state index contributed by atoms with van der Waals surface area (Å²) in [5, 5.41) is 0. The van der Waals surface area contributed by atoms with Gasteiger partial charge in [-0.25, -0.2) is 0 Å².